The highest BCUT2D eigenvalue weighted by molar-refractivity contribution is 5.78. The lowest BCUT2D eigenvalue weighted by molar-refractivity contribution is -0.126. The largest absolute Gasteiger partial charge is 0.363 e. The maximum absolute atomic E-state index is 13.7. The molecule has 1 fully saturated rings. The first-order valence-electron chi connectivity index (χ1n) is 9.83. The Morgan fingerprint density at radius 1 is 1.17 bits per heavy atom. The average Bonchev–Trinajstić information content (AvgIpc) is 2.69. The van der Waals surface area contributed by atoms with Gasteiger partial charge in [0, 0.05) is 49.9 Å². The van der Waals surface area contributed by atoms with Crippen LogP contribution in [0.5, 0.6) is 0 Å². The van der Waals surface area contributed by atoms with Crippen molar-refractivity contribution in [3.8, 4) is 0 Å². The number of carbonyl (C=O) groups excluding carboxylic acids is 1. The van der Waals surface area contributed by atoms with Crippen LogP contribution in [0, 0.1) is 24.5 Å². The fourth-order valence-corrected chi connectivity index (χ4v) is 3.54. The Bertz CT molecular complexity index is 866. The number of hydrogen-bond acceptors (Lipinski definition) is 5. The van der Waals surface area contributed by atoms with Crippen LogP contribution in [0.2, 0.25) is 0 Å². The third kappa shape index (κ3) is 5.40. The quantitative estimate of drug-likeness (QED) is 0.774. The Morgan fingerprint density at radius 3 is 2.59 bits per heavy atom. The van der Waals surface area contributed by atoms with Gasteiger partial charge in [-0.05, 0) is 38.7 Å². The SMILES string of the molecule is Cc1cc(N(C)C)nc(N[C@H]2CC[C@@H](C(=O)NCc3cccc(F)c3F)CC2)n1. The molecule has 29 heavy (non-hydrogen) atoms. The number of amides is 1. The van der Waals surface area contributed by atoms with E-state index in [2.05, 4.69) is 20.6 Å². The number of nitrogens with one attached hydrogen (secondary N) is 2. The molecule has 2 N–H and O–H groups in total. The van der Waals surface area contributed by atoms with Crippen molar-refractivity contribution in [1.82, 2.24) is 15.3 Å². The summed E-state index contributed by atoms with van der Waals surface area (Å²) in [4.78, 5) is 23.3. The highest BCUT2D eigenvalue weighted by Crippen LogP contribution is 2.27. The van der Waals surface area contributed by atoms with Crippen LogP contribution in [-0.4, -0.2) is 36.0 Å². The van der Waals surface area contributed by atoms with E-state index in [9.17, 15) is 13.6 Å². The summed E-state index contributed by atoms with van der Waals surface area (Å²) in [6.45, 7) is 1.92. The lowest BCUT2D eigenvalue weighted by atomic mass is 9.85. The maximum Gasteiger partial charge on any atom is 0.225 e. The van der Waals surface area contributed by atoms with Crippen LogP contribution in [0.15, 0.2) is 24.3 Å². The van der Waals surface area contributed by atoms with E-state index in [1.807, 2.05) is 32.0 Å². The van der Waals surface area contributed by atoms with Crippen LogP contribution < -0.4 is 15.5 Å². The minimum absolute atomic E-state index is 0.00888. The summed E-state index contributed by atoms with van der Waals surface area (Å²) in [6, 6.07) is 6.11. The van der Waals surface area contributed by atoms with Crippen molar-refractivity contribution >= 4 is 17.7 Å². The minimum atomic E-state index is -0.907. The Balaban J connectivity index is 1.50. The van der Waals surface area contributed by atoms with Crippen molar-refractivity contribution in [3.63, 3.8) is 0 Å². The van der Waals surface area contributed by atoms with Gasteiger partial charge in [-0.1, -0.05) is 12.1 Å². The third-order valence-electron chi connectivity index (χ3n) is 5.21. The molecule has 8 heteroatoms. The molecule has 0 atom stereocenters. The van der Waals surface area contributed by atoms with Crippen LogP contribution in [0.4, 0.5) is 20.5 Å². The lowest BCUT2D eigenvalue weighted by Crippen LogP contribution is -2.36. The fraction of sp³-hybridized carbons (Fsp3) is 0.476. The molecular formula is C21H27F2N5O. The molecule has 156 valence electrons. The zero-order chi connectivity index (χ0) is 21.0. The molecule has 0 saturated heterocycles. The maximum atomic E-state index is 13.7. The molecule has 3 rings (SSSR count). The zero-order valence-corrected chi connectivity index (χ0v) is 17.0. The van der Waals surface area contributed by atoms with Crippen molar-refractivity contribution in [2.45, 2.75) is 45.2 Å². The summed E-state index contributed by atoms with van der Waals surface area (Å²) in [5.74, 6) is -0.606. The highest BCUT2D eigenvalue weighted by Gasteiger charge is 2.27. The van der Waals surface area contributed by atoms with Gasteiger partial charge in [0.25, 0.3) is 0 Å². The van der Waals surface area contributed by atoms with Gasteiger partial charge < -0.3 is 15.5 Å². The molecule has 2 aromatic rings. The molecule has 0 bridgehead atoms. The molecule has 1 heterocycles. The first kappa shape index (κ1) is 21.0. The molecule has 1 aromatic heterocycles. The van der Waals surface area contributed by atoms with Gasteiger partial charge in [-0.3, -0.25) is 4.79 Å². The van der Waals surface area contributed by atoms with Gasteiger partial charge in [0.15, 0.2) is 11.6 Å². The van der Waals surface area contributed by atoms with Gasteiger partial charge in [0.2, 0.25) is 11.9 Å². The van der Waals surface area contributed by atoms with Crippen LogP contribution in [0.25, 0.3) is 0 Å². The first-order valence-corrected chi connectivity index (χ1v) is 9.83. The number of halogens is 2. The second kappa shape index (κ2) is 9.15. The van der Waals surface area contributed by atoms with Crippen LogP contribution in [0.1, 0.15) is 36.9 Å². The van der Waals surface area contributed by atoms with E-state index in [1.54, 1.807) is 0 Å². The molecule has 1 amide bonds. The van der Waals surface area contributed by atoms with Crippen molar-refractivity contribution in [3.05, 3.63) is 47.2 Å². The zero-order valence-electron chi connectivity index (χ0n) is 17.0. The highest BCUT2D eigenvalue weighted by atomic mass is 19.2. The normalized spacial score (nSPS) is 18.9. The van der Waals surface area contributed by atoms with Crippen molar-refractivity contribution in [2.75, 3.05) is 24.3 Å². The number of nitrogens with zero attached hydrogens (tertiary/aromatic N) is 3. The summed E-state index contributed by atoms with van der Waals surface area (Å²) in [6.07, 6.45) is 3.09. The average molecular weight is 403 g/mol. The number of anilines is 2. The molecule has 6 nitrogen and oxygen atoms in total. The van der Waals surface area contributed by atoms with Gasteiger partial charge >= 0.3 is 0 Å². The summed E-state index contributed by atoms with van der Waals surface area (Å²) in [7, 11) is 3.87. The summed E-state index contributed by atoms with van der Waals surface area (Å²) >= 11 is 0. The Hall–Kier alpha value is -2.77. The van der Waals surface area contributed by atoms with Gasteiger partial charge in [0.05, 0.1) is 0 Å². The lowest BCUT2D eigenvalue weighted by Gasteiger charge is -2.28. The molecule has 1 aromatic carbocycles. The Kier molecular flexibility index (Phi) is 6.61. The van der Waals surface area contributed by atoms with Gasteiger partial charge in [-0.2, -0.15) is 4.98 Å². The number of aromatic nitrogens is 2. The molecule has 0 spiro atoms. The van der Waals surface area contributed by atoms with Gasteiger partial charge in [0.1, 0.15) is 5.82 Å². The van der Waals surface area contributed by atoms with E-state index in [-0.39, 0.29) is 30.0 Å². The molecule has 0 unspecified atom stereocenters. The fourth-order valence-electron chi connectivity index (χ4n) is 3.54. The Morgan fingerprint density at radius 2 is 1.90 bits per heavy atom. The molecule has 1 aliphatic rings. The molecule has 0 radical (unpaired) electrons. The molecule has 0 aliphatic heterocycles. The van der Waals surface area contributed by atoms with E-state index in [4.69, 9.17) is 0 Å². The monoisotopic (exact) mass is 403 g/mol. The van der Waals surface area contributed by atoms with E-state index in [1.165, 1.54) is 12.1 Å². The van der Waals surface area contributed by atoms with E-state index >= 15 is 0 Å². The van der Waals surface area contributed by atoms with Gasteiger partial charge in [-0.25, -0.2) is 13.8 Å². The van der Waals surface area contributed by atoms with Gasteiger partial charge in [-0.15, -0.1) is 0 Å². The molecule has 1 saturated carbocycles. The standard InChI is InChI=1S/C21H27F2N5O/c1-13-11-18(28(2)3)27-21(25-13)26-16-9-7-14(8-10-16)20(29)24-12-15-5-4-6-17(22)19(15)23/h4-6,11,14,16H,7-10,12H2,1-3H3,(H,24,29)(H,25,26,27)/t14-,16+. The number of hydrogen-bond donors (Lipinski definition) is 2. The second-order valence-electron chi connectivity index (χ2n) is 7.71. The topological polar surface area (TPSA) is 70.2 Å². The second-order valence-corrected chi connectivity index (χ2v) is 7.71. The number of benzene rings is 1. The van der Waals surface area contributed by atoms with Crippen LogP contribution >= 0.6 is 0 Å². The summed E-state index contributed by atoms with van der Waals surface area (Å²) in [5, 5.41) is 6.11. The van der Waals surface area contributed by atoms with Crippen LogP contribution in [-0.2, 0) is 11.3 Å². The summed E-state index contributed by atoms with van der Waals surface area (Å²) < 4.78 is 27.0. The van der Waals surface area contributed by atoms with Crippen molar-refractivity contribution in [1.29, 1.82) is 0 Å². The van der Waals surface area contributed by atoms with E-state index in [0.717, 1.165) is 43.3 Å². The number of rotatable bonds is 6. The van der Waals surface area contributed by atoms with E-state index < -0.39 is 11.6 Å². The van der Waals surface area contributed by atoms with E-state index in [0.29, 0.717) is 5.95 Å². The van der Waals surface area contributed by atoms with Crippen molar-refractivity contribution < 1.29 is 13.6 Å². The number of carbonyl (C=O) groups is 1. The smallest absolute Gasteiger partial charge is 0.225 e. The minimum Gasteiger partial charge on any atom is -0.363 e. The molecular weight excluding hydrogens is 376 g/mol. The third-order valence-corrected chi connectivity index (χ3v) is 5.21. The Labute approximate surface area is 169 Å². The predicted octanol–water partition coefficient (Wildman–Crippen LogP) is 3.42. The predicted molar refractivity (Wildman–Crippen MR) is 109 cm³/mol. The van der Waals surface area contributed by atoms with Crippen LogP contribution in [0.3, 0.4) is 0 Å². The van der Waals surface area contributed by atoms with Crippen molar-refractivity contribution in [2.24, 2.45) is 5.92 Å². The first-order chi connectivity index (χ1) is 13.8. The molecule has 1 aliphatic carbocycles. The number of aryl methyl sites for hydroxylation is 1. The summed E-state index contributed by atoms with van der Waals surface area (Å²) in [5.41, 5.74) is 1.05.